The van der Waals surface area contributed by atoms with Crippen molar-refractivity contribution in [1.29, 1.82) is 0 Å². The fourth-order valence-corrected chi connectivity index (χ4v) is 2.14. The minimum Gasteiger partial charge on any atom is -0.481 e. The Balaban J connectivity index is 2.00. The fourth-order valence-electron chi connectivity index (χ4n) is 2.14. The minimum atomic E-state index is -0.612. The molecule has 0 radical (unpaired) electrons. The molecule has 2 rings (SSSR count). The summed E-state index contributed by atoms with van der Waals surface area (Å²) in [5, 5.41) is 12.3. The van der Waals surface area contributed by atoms with Crippen LogP contribution in [-0.2, 0) is 4.79 Å². The van der Waals surface area contributed by atoms with Gasteiger partial charge in [-0.15, -0.1) is 0 Å². The molecule has 2 aliphatic rings. The smallest absolute Gasteiger partial charge is 0.308 e. The summed E-state index contributed by atoms with van der Waals surface area (Å²) in [7, 11) is 0. The molecule has 3 heteroatoms. The highest BCUT2D eigenvalue weighted by Gasteiger charge is 2.40. The topological polar surface area (TPSA) is 49.3 Å². The first kappa shape index (κ1) is 8.05. The Morgan fingerprint density at radius 2 is 2.08 bits per heavy atom. The van der Waals surface area contributed by atoms with Gasteiger partial charge in [-0.25, -0.2) is 0 Å². The lowest BCUT2D eigenvalue weighted by atomic mass is 9.88. The monoisotopic (exact) mass is 169 g/mol. The van der Waals surface area contributed by atoms with Gasteiger partial charge in [0.05, 0.1) is 5.92 Å². The SMILES string of the molecule is O=C(O)[C@H]1CCCN[C@@H]1C1CC1. The summed E-state index contributed by atoms with van der Waals surface area (Å²) >= 11 is 0. The van der Waals surface area contributed by atoms with Gasteiger partial charge < -0.3 is 10.4 Å². The van der Waals surface area contributed by atoms with Crippen LogP contribution in [0.1, 0.15) is 25.7 Å². The Morgan fingerprint density at radius 3 is 2.67 bits per heavy atom. The third-order valence-corrected chi connectivity index (χ3v) is 2.95. The number of rotatable bonds is 2. The Kier molecular flexibility index (Phi) is 2.05. The molecule has 2 atom stereocenters. The number of hydrogen-bond donors (Lipinski definition) is 2. The molecule has 1 aliphatic carbocycles. The molecule has 1 heterocycles. The second-order valence-electron chi connectivity index (χ2n) is 3.90. The molecular weight excluding hydrogens is 154 g/mol. The van der Waals surface area contributed by atoms with Gasteiger partial charge in [-0.2, -0.15) is 0 Å². The van der Waals surface area contributed by atoms with Crippen LogP contribution in [0.2, 0.25) is 0 Å². The van der Waals surface area contributed by atoms with Crippen LogP contribution in [0, 0.1) is 11.8 Å². The average Bonchev–Trinajstić information content (AvgIpc) is 2.87. The summed E-state index contributed by atoms with van der Waals surface area (Å²) in [5.74, 6) is -0.0725. The van der Waals surface area contributed by atoms with Crippen molar-refractivity contribution in [3.05, 3.63) is 0 Å². The zero-order valence-electron chi connectivity index (χ0n) is 7.12. The molecule has 2 fully saturated rings. The van der Waals surface area contributed by atoms with Gasteiger partial charge in [0.25, 0.3) is 0 Å². The lowest BCUT2D eigenvalue weighted by Crippen LogP contribution is -2.46. The zero-order chi connectivity index (χ0) is 8.55. The normalized spacial score (nSPS) is 36.3. The number of carbonyl (C=O) groups is 1. The molecule has 1 saturated carbocycles. The first-order valence-electron chi connectivity index (χ1n) is 4.75. The van der Waals surface area contributed by atoms with E-state index in [1.807, 2.05) is 0 Å². The van der Waals surface area contributed by atoms with E-state index in [-0.39, 0.29) is 12.0 Å². The third kappa shape index (κ3) is 1.46. The van der Waals surface area contributed by atoms with E-state index in [0.717, 1.165) is 19.4 Å². The van der Waals surface area contributed by atoms with Crippen molar-refractivity contribution in [2.75, 3.05) is 6.54 Å². The van der Waals surface area contributed by atoms with Gasteiger partial charge in [0.1, 0.15) is 0 Å². The van der Waals surface area contributed by atoms with E-state index in [4.69, 9.17) is 5.11 Å². The molecule has 1 saturated heterocycles. The molecule has 68 valence electrons. The Labute approximate surface area is 72.2 Å². The zero-order valence-corrected chi connectivity index (χ0v) is 7.12. The molecule has 0 unspecified atom stereocenters. The number of nitrogens with one attached hydrogen (secondary N) is 1. The van der Waals surface area contributed by atoms with E-state index in [1.165, 1.54) is 12.8 Å². The van der Waals surface area contributed by atoms with Gasteiger partial charge in [-0.1, -0.05) is 0 Å². The maximum atomic E-state index is 10.9. The quantitative estimate of drug-likeness (QED) is 0.644. The second kappa shape index (κ2) is 3.05. The standard InChI is InChI=1S/C9H15NO2/c11-9(12)7-2-1-5-10-8(7)6-3-4-6/h6-8,10H,1-5H2,(H,11,12)/t7-,8+/m0/s1. The van der Waals surface area contributed by atoms with Crippen LogP contribution < -0.4 is 5.32 Å². The fraction of sp³-hybridized carbons (Fsp3) is 0.889. The van der Waals surface area contributed by atoms with Crippen LogP contribution in [0.5, 0.6) is 0 Å². The summed E-state index contributed by atoms with van der Waals surface area (Å²) in [5.41, 5.74) is 0. The van der Waals surface area contributed by atoms with E-state index in [1.54, 1.807) is 0 Å². The summed E-state index contributed by atoms with van der Waals surface area (Å²) in [6.45, 7) is 1.00. The van der Waals surface area contributed by atoms with E-state index in [2.05, 4.69) is 5.32 Å². The van der Waals surface area contributed by atoms with E-state index < -0.39 is 5.97 Å². The van der Waals surface area contributed by atoms with Gasteiger partial charge in [0.2, 0.25) is 0 Å². The van der Waals surface area contributed by atoms with Crippen molar-refractivity contribution in [2.45, 2.75) is 31.7 Å². The van der Waals surface area contributed by atoms with Crippen LogP contribution in [-0.4, -0.2) is 23.7 Å². The van der Waals surface area contributed by atoms with E-state index in [9.17, 15) is 4.79 Å². The molecule has 0 aromatic carbocycles. The number of carboxylic acid groups (broad SMARTS) is 1. The highest BCUT2D eigenvalue weighted by molar-refractivity contribution is 5.71. The molecule has 2 N–H and O–H groups in total. The Morgan fingerprint density at radius 1 is 1.33 bits per heavy atom. The molecule has 12 heavy (non-hydrogen) atoms. The highest BCUT2D eigenvalue weighted by Crippen LogP contribution is 2.38. The van der Waals surface area contributed by atoms with Crippen LogP contribution in [0.15, 0.2) is 0 Å². The van der Waals surface area contributed by atoms with Crippen molar-refractivity contribution >= 4 is 5.97 Å². The summed E-state index contributed by atoms with van der Waals surface area (Å²) in [6.07, 6.45) is 4.33. The molecule has 0 spiro atoms. The lowest BCUT2D eigenvalue weighted by Gasteiger charge is -2.29. The molecule has 0 aromatic rings. The molecule has 1 aliphatic heterocycles. The number of piperidine rings is 1. The first-order valence-corrected chi connectivity index (χ1v) is 4.75. The number of carboxylic acids is 1. The van der Waals surface area contributed by atoms with E-state index >= 15 is 0 Å². The predicted molar refractivity (Wildman–Crippen MR) is 44.9 cm³/mol. The predicted octanol–water partition coefficient (Wildman–Crippen LogP) is 0.849. The maximum Gasteiger partial charge on any atom is 0.308 e. The van der Waals surface area contributed by atoms with Crippen molar-refractivity contribution < 1.29 is 9.90 Å². The van der Waals surface area contributed by atoms with Crippen molar-refractivity contribution in [3.8, 4) is 0 Å². The Bertz CT molecular complexity index is 189. The van der Waals surface area contributed by atoms with Crippen LogP contribution in [0.4, 0.5) is 0 Å². The summed E-state index contributed by atoms with van der Waals surface area (Å²) in [4.78, 5) is 10.9. The largest absolute Gasteiger partial charge is 0.481 e. The third-order valence-electron chi connectivity index (χ3n) is 2.95. The van der Waals surface area contributed by atoms with Gasteiger partial charge >= 0.3 is 5.97 Å². The molecule has 0 bridgehead atoms. The lowest BCUT2D eigenvalue weighted by molar-refractivity contribution is -0.143. The van der Waals surface area contributed by atoms with Gasteiger partial charge in [-0.05, 0) is 38.1 Å². The van der Waals surface area contributed by atoms with Crippen molar-refractivity contribution in [1.82, 2.24) is 5.32 Å². The first-order chi connectivity index (χ1) is 5.79. The molecule has 0 amide bonds. The molecule has 3 nitrogen and oxygen atoms in total. The van der Waals surface area contributed by atoms with Crippen LogP contribution in [0.25, 0.3) is 0 Å². The summed E-state index contributed by atoms with van der Waals surface area (Å²) in [6, 6.07) is 0.274. The molecule has 0 aromatic heterocycles. The number of aliphatic carboxylic acids is 1. The van der Waals surface area contributed by atoms with E-state index in [0.29, 0.717) is 5.92 Å². The Hall–Kier alpha value is -0.570. The minimum absolute atomic E-state index is 0.119. The maximum absolute atomic E-state index is 10.9. The van der Waals surface area contributed by atoms with Gasteiger partial charge in [-0.3, -0.25) is 4.79 Å². The highest BCUT2D eigenvalue weighted by atomic mass is 16.4. The average molecular weight is 169 g/mol. The van der Waals surface area contributed by atoms with Gasteiger partial charge in [0.15, 0.2) is 0 Å². The van der Waals surface area contributed by atoms with Gasteiger partial charge in [0, 0.05) is 6.04 Å². The van der Waals surface area contributed by atoms with Crippen LogP contribution in [0.3, 0.4) is 0 Å². The second-order valence-corrected chi connectivity index (χ2v) is 3.90. The van der Waals surface area contributed by atoms with Crippen molar-refractivity contribution in [3.63, 3.8) is 0 Å². The number of hydrogen-bond acceptors (Lipinski definition) is 2. The van der Waals surface area contributed by atoms with Crippen LogP contribution >= 0.6 is 0 Å². The molecular formula is C9H15NO2. The van der Waals surface area contributed by atoms with Crippen molar-refractivity contribution in [2.24, 2.45) is 11.8 Å². The summed E-state index contributed by atoms with van der Waals surface area (Å²) < 4.78 is 0.